The number of guanidine groups is 1. The Bertz CT molecular complexity index is 829. The van der Waals surface area contributed by atoms with Crippen molar-refractivity contribution in [1.82, 2.24) is 10.6 Å². The fourth-order valence-electron chi connectivity index (χ4n) is 3.99. The number of aliphatic imine (C=N–C) groups is 1. The van der Waals surface area contributed by atoms with E-state index >= 15 is 0 Å². The second kappa shape index (κ2) is 10.6. The first-order chi connectivity index (χ1) is 15.0. The van der Waals surface area contributed by atoms with Crippen molar-refractivity contribution in [1.29, 1.82) is 0 Å². The quantitative estimate of drug-likeness (QED) is 0.447. The zero-order valence-electron chi connectivity index (χ0n) is 18.9. The molecule has 1 fully saturated rings. The number of nitrogens with zero attached hydrogens (tertiary/aromatic N) is 1. The average molecular weight is 426 g/mol. The van der Waals surface area contributed by atoms with Gasteiger partial charge in [-0.2, -0.15) is 0 Å². The van der Waals surface area contributed by atoms with E-state index < -0.39 is 5.60 Å². The summed E-state index contributed by atoms with van der Waals surface area (Å²) in [5.41, 5.74) is 1.06. The maximum atomic E-state index is 10.9. The van der Waals surface area contributed by atoms with Gasteiger partial charge in [0.05, 0.1) is 13.7 Å². The molecule has 6 heteroatoms. The Balaban J connectivity index is 1.74. The lowest BCUT2D eigenvalue weighted by Gasteiger charge is -2.38. The first-order valence-corrected chi connectivity index (χ1v) is 11.0. The normalized spacial score (nSPS) is 18.1. The molecule has 3 rings (SSSR count). The van der Waals surface area contributed by atoms with Crippen LogP contribution in [0.2, 0.25) is 0 Å². The minimum atomic E-state index is -1.03. The molecule has 0 bridgehead atoms. The van der Waals surface area contributed by atoms with E-state index in [4.69, 9.17) is 14.5 Å². The molecule has 0 aliphatic carbocycles. The van der Waals surface area contributed by atoms with Gasteiger partial charge in [-0.25, -0.2) is 4.99 Å². The van der Waals surface area contributed by atoms with E-state index in [0.717, 1.165) is 50.5 Å². The van der Waals surface area contributed by atoms with Crippen molar-refractivity contribution < 1.29 is 14.6 Å². The van der Waals surface area contributed by atoms with Crippen LogP contribution in [0.25, 0.3) is 0 Å². The van der Waals surface area contributed by atoms with Gasteiger partial charge in [-0.15, -0.1) is 0 Å². The molecule has 1 heterocycles. The van der Waals surface area contributed by atoms with Crippen LogP contribution in [0.5, 0.6) is 5.75 Å². The van der Waals surface area contributed by atoms with Crippen molar-refractivity contribution in [3.63, 3.8) is 0 Å². The van der Waals surface area contributed by atoms with Crippen LogP contribution < -0.4 is 15.4 Å². The summed E-state index contributed by atoms with van der Waals surface area (Å²) in [6.45, 7) is 7.08. The Morgan fingerprint density at radius 1 is 1.10 bits per heavy atom. The fraction of sp³-hybridized carbons (Fsp3) is 0.480. The van der Waals surface area contributed by atoms with E-state index in [0.29, 0.717) is 5.96 Å². The van der Waals surface area contributed by atoms with Crippen LogP contribution in [0.3, 0.4) is 0 Å². The Morgan fingerprint density at radius 2 is 1.77 bits per heavy atom. The van der Waals surface area contributed by atoms with Gasteiger partial charge in [0.2, 0.25) is 0 Å². The number of methoxy groups -OCH3 is 1. The van der Waals surface area contributed by atoms with Gasteiger partial charge in [-0.05, 0) is 49.9 Å². The highest BCUT2D eigenvalue weighted by molar-refractivity contribution is 5.80. The van der Waals surface area contributed by atoms with Crippen LogP contribution in [0.4, 0.5) is 0 Å². The van der Waals surface area contributed by atoms with Crippen LogP contribution in [0, 0.1) is 0 Å². The lowest BCUT2D eigenvalue weighted by molar-refractivity contribution is 0.0513. The minimum Gasteiger partial charge on any atom is -0.497 e. The van der Waals surface area contributed by atoms with Crippen LogP contribution in [0.1, 0.15) is 37.8 Å². The van der Waals surface area contributed by atoms with Gasteiger partial charge >= 0.3 is 0 Å². The van der Waals surface area contributed by atoms with Gasteiger partial charge in [-0.1, -0.05) is 42.5 Å². The molecule has 0 radical (unpaired) electrons. The topological polar surface area (TPSA) is 75.1 Å². The van der Waals surface area contributed by atoms with E-state index in [1.54, 1.807) is 14.0 Å². The van der Waals surface area contributed by atoms with Crippen molar-refractivity contribution in [2.24, 2.45) is 4.99 Å². The molecule has 0 amide bonds. The molecule has 1 aliphatic heterocycles. The van der Waals surface area contributed by atoms with Crippen molar-refractivity contribution >= 4 is 5.96 Å². The lowest BCUT2D eigenvalue weighted by atomic mass is 9.74. The highest BCUT2D eigenvalue weighted by Crippen LogP contribution is 2.35. The summed E-state index contributed by atoms with van der Waals surface area (Å²) in [6.07, 6.45) is 1.88. The van der Waals surface area contributed by atoms with Crippen molar-refractivity contribution in [3.05, 3.63) is 65.7 Å². The van der Waals surface area contributed by atoms with E-state index in [1.165, 1.54) is 5.56 Å². The Hall–Kier alpha value is -2.57. The highest BCUT2D eigenvalue weighted by Gasteiger charge is 2.34. The van der Waals surface area contributed by atoms with Gasteiger partial charge in [-0.3, -0.25) is 0 Å². The molecule has 1 unspecified atom stereocenters. The molecule has 31 heavy (non-hydrogen) atoms. The van der Waals surface area contributed by atoms with Crippen molar-refractivity contribution in [2.45, 2.75) is 37.7 Å². The molecule has 2 aromatic carbocycles. The summed E-state index contributed by atoms with van der Waals surface area (Å²) < 4.78 is 11.0. The maximum Gasteiger partial charge on any atom is 0.191 e. The van der Waals surface area contributed by atoms with Crippen molar-refractivity contribution in [3.8, 4) is 5.75 Å². The molecule has 0 spiro atoms. The van der Waals surface area contributed by atoms with Gasteiger partial charge in [0.25, 0.3) is 0 Å². The second-order valence-electron chi connectivity index (χ2n) is 8.31. The number of benzene rings is 2. The molecule has 0 aromatic heterocycles. The summed E-state index contributed by atoms with van der Waals surface area (Å²) in [6, 6.07) is 18.0. The summed E-state index contributed by atoms with van der Waals surface area (Å²) in [5.74, 6) is 1.56. The smallest absolute Gasteiger partial charge is 0.191 e. The molecule has 1 saturated heterocycles. The first kappa shape index (κ1) is 23.1. The average Bonchev–Trinajstić information content (AvgIpc) is 2.82. The third-order valence-electron chi connectivity index (χ3n) is 6.03. The van der Waals surface area contributed by atoms with Crippen molar-refractivity contribution in [2.75, 3.05) is 40.0 Å². The molecular weight excluding hydrogens is 390 g/mol. The zero-order valence-corrected chi connectivity index (χ0v) is 18.9. The number of ether oxygens (including phenoxy) is 2. The standard InChI is InChI=1S/C25H35N3O3/c1-4-26-23(27-18-24(2,29)20-8-6-5-7-9-20)28-19-25(14-16-31-17-15-25)21-10-12-22(30-3)13-11-21/h5-13,29H,4,14-19H2,1-3H3,(H2,26,27,28). The molecule has 6 nitrogen and oxygen atoms in total. The highest BCUT2D eigenvalue weighted by atomic mass is 16.5. The van der Waals surface area contributed by atoms with E-state index in [2.05, 4.69) is 22.8 Å². The predicted molar refractivity (Wildman–Crippen MR) is 125 cm³/mol. The van der Waals surface area contributed by atoms with Gasteiger partial charge in [0.1, 0.15) is 11.4 Å². The van der Waals surface area contributed by atoms with Crippen LogP contribution in [-0.2, 0) is 15.8 Å². The summed E-state index contributed by atoms with van der Waals surface area (Å²) in [4.78, 5) is 4.69. The van der Waals surface area contributed by atoms with Gasteiger partial charge < -0.3 is 25.2 Å². The SMILES string of the molecule is CCNC(=NCC(C)(O)c1ccccc1)NCC1(c2ccc(OC)cc2)CCOCC1. The summed E-state index contributed by atoms with van der Waals surface area (Å²) >= 11 is 0. The van der Waals surface area contributed by atoms with Crippen LogP contribution in [-0.4, -0.2) is 51.0 Å². The van der Waals surface area contributed by atoms with E-state index in [1.807, 2.05) is 49.4 Å². The maximum absolute atomic E-state index is 10.9. The number of hydrogen-bond acceptors (Lipinski definition) is 4. The van der Waals surface area contributed by atoms with Crippen LogP contribution in [0.15, 0.2) is 59.6 Å². The molecule has 168 valence electrons. The molecule has 1 aliphatic rings. The fourth-order valence-corrected chi connectivity index (χ4v) is 3.99. The number of nitrogens with one attached hydrogen (secondary N) is 2. The molecular formula is C25H35N3O3. The molecule has 2 aromatic rings. The molecule has 1 atom stereocenters. The number of aliphatic hydroxyl groups is 1. The predicted octanol–water partition coefficient (Wildman–Crippen LogP) is 3.21. The third kappa shape index (κ3) is 5.99. The lowest BCUT2D eigenvalue weighted by Crippen LogP contribution is -2.48. The third-order valence-corrected chi connectivity index (χ3v) is 6.03. The Kier molecular flexibility index (Phi) is 7.93. The Morgan fingerprint density at radius 3 is 2.39 bits per heavy atom. The minimum absolute atomic E-state index is 0.0390. The molecule has 3 N–H and O–H groups in total. The summed E-state index contributed by atoms with van der Waals surface area (Å²) in [5, 5.41) is 17.7. The molecule has 0 saturated carbocycles. The van der Waals surface area contributed by atoms with Crippen LogP contribution >= 0.6 is 0 Å². The summed E-state index contributed by atoms with van der Waals surface area (Å²) in [7, 11) is 1.68. The zero-order chi connectivity index (χ0) is 22.2. The van der Waals surface area contributed by atoms with E-state index in [-0.39, 0.29) is 12.0 Å². The largest absolute Gasteiger partial charge is 0.497 e. The Labute approximate surface area is 185 Å². The monoisotopic (exact) mass is 425 g/mol. The first-order valence-electron chi connectivity index (χ1n) is 11.0. The van der Waals surface area contributed by atoms with E-state index in [9.17, 15) is 5.11 Å². The number of rotatable bonds is 8. The van der Waals surface area contributed by atoms with Gasteiger partial charge in [0.15, 0.2) is 5.96 Å². The second-order valence-corrected chi connectivity index (χ2v) is 8.31. The van der Waals surface area contributed by atoms with Gasteiger partial charge in [0, 0.05) is 31.7 Å². The number of hydrogen-bond donors (Lipinski definition) is 3.